The number of amides is 1. The van der Waals surface area contributed by atoms with Gasteiger partial charge in [-0.1, -0.05) is 54.6 Å². The molecular formula is C19H21NO3. The first-order chi connectivity index (χ1) is 11.3. The Balaban J connectivity index is 1.62. The summed E-state index contributed by atoms with van der Waals surface area (Å²) in [5, 5.41) is 2.73. The van der Waals surface area contributed by atoms with Crippen LogP contribution in [0.25, 0.3) is 6.08 Å². The van der Waals surface area contributed by atoms with Crippen LogP contribution in [0, 0.1) is 0 Å². The fraction of sp³-hybridized carbons (Fsp3) is 0.211. The number of hydrogen-bond acceptors (Lipinski definition) is 3. The van der Waals surface area contributed by atoms with Gasteiger partial charge in [-0.05, 0) is 29.7 Å². The Bertz CT molecular complexity index is 621. The van der Waals surface area contributed by atoms with Gasteiger partial charge in [0.05, 0.1) is 7.11 Å². The van der Waals surface area contributed by atoms with Gasteiger partial charge in [0.1, 0.15) is 12.4 Å². The van der Waals surface area contributed by atoms with Crippen LogP contribution in [0.4, 0.5) is 4.79 Å². The molecule has 0 fully saturated rings. The summed E-state index contributed by atoms with van der Waals surface area (Å²) in [6.45, 7) is 0.828. The minimum absolute atomic E-state index is 0.286. The molecule has 23 heavy (non-hydrogen) atoms. The van der Waals surface area contributed by atoms with E-state index in [1.54, 1.807) is 7.11 Å². The van der Waals surface area contributed by atoms with Crippen molar-refractivity contribution in [2.75, 3.05) is 13.7 Å². The number of nitrogens with one attached hydrogen (secondary N) is 1. The lowest BCUT2D eigenvalue weighted by Gasteiger charge is -2.05. The molecule has 0 saturated heterocycles. The van der Waals surface area contributed by atoms with E-state index in [1.807, 2.05) is 66.7 Å². The number of hydrogen-bond donors (Lipinski definition) is 1. The zero-order chi connectivity index (χ0) is 16.3. The van der Waals surface area contributed by atoms with E-state index in [0.717, 1.165) is 23.3 Å². The molecule has 0 atom stereocenters. The van der Waals surface area contributed by atoms with E-state index < -0.39 is 6.09 Å². The summed E-state index contributed by atoms with van der Waals surface area (Å²) in [6.07, 6.45) is 4.37. The quantitative estimate of drug-likeness (QED) is 0.786. The first-order valence-electron chi connectivity index (χ1n) is 7.53. The third-order valence-electron chi connectivity index (χ3n) is 3.22. The van der Waals surface area contributed by atoms with Crippen molar-refractivity contribution in [3.05, 3.63) is 71.8 Å². The first kappa shape index (κ1) is 16.6. The lowest BCUT2D eigenvalue weighted by molar-refractivity contribution is 0.140. The number of carbonyl (C=O) groups is 1. The molecule has 0 spiro atoms. The Hall–Kier alpha value is -2.75. The van der Waals surface area contributed by atoms with Gasteiger partial charge in [-0.25, -0.2) is 4.79 Å². The molecule has 0 aromatic heterocycles. The molecule has 1 amide bonds. The fourth-order valence-corrected chi connectivity index (χ4v) is 1.97. The molecule has 2 aromatic rings. The summed E-state index contributed by atoms with van der Waals surface area (Å²) < 4.78 is 10.2. The van der Waals surface area contributed by atoms with Crippen LogP contribution >= 0.6 is 0 Å². The van der Waals surface area contributed by atoms with Gasteiger partial charge < -0.3 is 14.8 Å². The number of carbonyl (C=O) groups excluding carboxylic acids is 1. The molecule has 120 valence electrons. The van der Waals surface area contributed by atoms with Crippen LogP contribution in [-0.2, 0) is 11.3 Å². The highest BCUT2D eigenvalue weighted by Gasteiger charge is 2.00. The van der Waals surface area contributed by atoms with Crippen LogP contribution in [0.1, 0.15) is 17.5 Å². The van der Waals surface area contributed by atoms with Gasteiger partial charge >= 0.3 is 6.09 Å². The molecular weight excluding hydrogens is 290 g/mol. The SMILES string of the molecule is COc1ccc(C=CCCNC(=O)OCc2ccccc2)cc1. The number of benzene rings is 2. The van der Waals surface area contributed by atoms with E-state index in [-0.39, 0.29) is 6.61 Å². The second-order valence-corrected chi connectivity index (χ2v) is 4.95. The summed E-state index contributed by atoms with van der Waals surface area (Å²) in [5.41, 5.74) is 2.07. The molecule has 0 aliphatic heterocycles. The van der Waals surface area contributed by atoms with E-state index >= 15 is 0 Å². The highest BCUT2D eigenvalue weighted by molar-refractivity contribution is 5.67. The van der Waals surface area contributed by atoms with Gasteiger partial charge in [0.25, 0.3) is 0 Å². The van der Waals surface area contributed by atoms with Gasteiger partial charge in [-0.3, -0.25) is 0 Å². The second kappa shape index (κ2) is 9.30. The minimum Gasteiger partial charge on any atom is -0.497 e. The minimum atomic E-state index is -0.397. The zero-order valence-corrected chi connectivity index (χ0v) is 13.2. The largest absolute Gasteiger partial charge is 0.497 e. The van der Waals surface area contributed by atoms with Crippen LogP contribution in [0.5, 0.6) is 5.75 Å². The Morgan fingerprint density at radius 1 is 1.09 bits per heavy atom. The van der Waals surface area contributed by atoms with E-state index in [4.69, 9.17) is 9.47 Å². The maximum absolute atomic E-state index is 11.5. The maximum atomic E-state index is 11.5. The predicted molar refractivity (Wildman–Crippen MR) is 91.3 cm³/mol. The third-order valence-corrected chi connectivity index (χ3v) is 3.22. The summed E-state index contributed by atoms with van der Waals surface area (Å²) >= 11 is 0. The first-order valence-corrected chi connectivity index (χ1v) is 7.53. The van der Waals surface area contributed by atoms with E-state index in [9.17, 15) is 4.79 Å². The zero-order valence-electron chi connectivity index (χ0n) is 13.2. The Labute approximate surface area is 136 Å². The lowest BCUT2D eigenvalue weighted by Crippen LogP contribution is -2.24. The van der Waals surface area contributed by atoms with Crippen molar-refractivity contribution >= 4 is 12.2 Å². The summed E-state index contributed by atoms with van der Waals surface area (Å²) in [5.74, 6) is 0.838. The highest BCUT2D eigenvalue weighted by atomic mass is 16.5. The van der Waals surface area contributed by atoms with Crippen LogP contribution in [0.3, 0.4) is 0 Å². The van der Waals surface area contributed by atoms with Gasteiger partial charge in [-0.15, -0.1) is 0 Å². The fourth-order valence-electron chi connectivity index (χ4n) is 1.97. The average molecular weight is 311 g/mol. The predicted octanol–water partition coefficient (Wildman–Crippen LogP) is 4.02. The molecule has 0 heterocycles. The molecule has 4 nitrogen and oxygen atoms in total. The average Bonchev–Trinajstić information content (AvgIpc) is 2.61. The Kier molecular flexibility index (Phi) is 6.72. The van der Waals surface area contributed by atoms with Gasteiger partial charge in [0.15, 0.2) is 0 Å². The molecule has 2 rings (SSSR count). The molecule has 2 aromatic carbocycles. The van der Waals surface area contributed by atoms with Gasteiger partial charge in [-0.2, -0.15) is 0 Å². The molecule has 0 radical (unpaired) electrons. The lowest BCUT2D eigenvalue weighted by atomic mass is 10.2. The summed E-state index contributed by atoms with van der Waals surface area (Å²) in [6, 6.07) is 17.4. The molecule has 0 aliphatic rings. The van der Waals surface area contributed by atoms with Crippen LogP contribution in [0.2, 0.25) is 0 Å². The molecule has 1 N–H and O–H groups in total. The van der Waals surface area contributed by atoms with Crippen molar-refractivity contribution in [2.24, 2.45) is 0 Å². The molecule has 4 heteroatoms. The highest BCUT2D eigenvalue weighted by Crippen LogP contribution is 2.12. The van der Waals surface area contributed by atoms with Gasteiger partial charge in [0, 0.05) is 6.54 Å². The molecule has 0 unspecified atom stereocenters. The van der Waals surface area contributed by atoms with Crippen molar-refractivity contribution in [3.63, 3.8) is 0 Å². The Morgan fingerprint density at radius 2 is 1.83 bits per heavy atom. The van der Waals surface area contributed by atoms with Crippen LogP contribution in [0.15, 0.2) is 60.7 Å². The molecule has 0 aliphatic carbocycles. The van der Waals surface area contributed by atoms with Crippen molar-refractivity contribution in [1.29, 1.82) is 0 Å². The standard InChI is InChI=1S/C19H21NO3/c1-22-18-12-10-16(11-13-18)7-5-6-14-20-19(21)23-15-17-8-3-2-4-9-17/h2-5,7-13H,6,14-15H2,1H3,(H,20,21). The van der Waals surface area contributed by atoms with E-state index in [0.29, 0.717) is 6.54 Å². The third kappa shape index (κ3) is 6.26. The molecule has 0 saturated carbocycles. The van der Waals surface area contributed by atoms with Crippen molar-refractivity contribution < 1.29 is 14.3 Å². The van der Waals surface area contributed by atoms with Crippen LogP contribution in [-0.4, -0.2) is 19.7 Å². The molecule has 0 bridgehead atoms. The number of rotatable bonds is 7. The van der Waals surface area contributed by atoms with E-state index in [2.05, 4.69) is 5.32 Å². The second-order valence-electron chi connectivity index (χ2n) is 4.95. The number of methoxy groups -OCH3 is 1. The van der Waals surface area contributed by atoms with Crippen molar-refractivity contribution in [1.82, 2.24) is 5.32 Å². The monoisotopic (exact) mass is 311 g/mol. The van der Waals surface area contributed by atoms with Crippen molar-refractivity contribution in [2.45, 2.75) is 13.0 Å². The number of alkyl carbamates (subject to hydrolysis) is 1. The summed E-state index contributed by atoms with van der Waals surface area (Å²) in [4.78, 5) is 11.5. The van der Waals surface area contributed by atoms with Crippen LogP contribution < -0.4 is 10.1 Å². The van der Waals surface area contributed by atoms with E-state index in [1.165, 1.54) is 0 Å². The van der Waals surface area contributed by atoms with Gasteiger partial charge in [0.2, 0.25) is 0 Å². The normalized spacial score (nSPS) is 10.5. The summed E-state index contributed by atoms with van der Waals surface area (Å²) in [7, 11) is 1.65. The Morgan fingerprint density at radius 3 is 2.52 bits per heavy atom. The maximum Gasteiger partial charge on any atom is 0.407 e. The van der Waals surface area contributed by atoms with Crippen molar-refractivity contribution in [3.8, 4) is 5.75 Å². The smallest absolute Gasteiger partial charge is 0.407 e. The topological polar surface area (TPSA) is 47.6 Å². The number of ether oxygens (including phenoxy) is 2.